The molecular formula is C24H20N4O2S3. The van der Waals surface area contributed by atoms with Crippen LogP contribution in [-0.4, -0.2) is 18.9 Å². The molecule has 0 atom stereocenters. The van der Waals surface area contributed by atoms with Crippen molar-refractivity contribution in [3.05, 3.63) is 84.3 Å². The van der Waals surface area contributed by atoms with Crippen LogP contribution in [-0.2, 0) is 18.6 Å². The highest BCUT2D eigenvalue weighted by Gasteiger charge is 2.23. The molecule has 9 heteroatoms. The maximum Gasteiger partial charge on any atom is 0.267 e. The Labute approximate surface area is 201 Å². The van der Waals surface area contributed by atoms with E-state index in [-0.39, 0.29) is 11.1 Å². The molecule has 1 aromatic carbocycles. The molecule has 33 heavy (non-hydrogen) atoms. The van der Waals surface area contributed by atoms with E-state index in [0.717, 1.165) is 40.9 Å². The lowest BCUT2D eigenvalue weighted by Gasteiger charge is -2.13. The molecule has 0 radical (unpaired) electrons. The van der Waals surface area contributed by atoms with Crippen molar-refractivity contribution < 1.29 is 0 Å². The molecule has 0 N–H and O–H groups in total. The van der Waals surface area contributed by atoms with Gasteiger partial charge < -0.3 is 0 Å². The van der Waals surface area contributed by atoms with Gasteiger partial charge in [0.2, 0.25) is 0 Å². The normalized spacial score (nSPS) is 13.6. The van der Waals surface area contributed by atoms with Crippen LogP contribution in [0.5, 0.6) is 0 Å². The molecule has 0 saturated carbocycles. The molecule has 0 aliphatic heterocycles. The summed E-state index contributed by atoms with van der Waals surface area (Å²) >= 11 is 4.56. The van der Waals surface area contributed by atoms with E-state index in [4.69, 9.17) is 4.98 Å². The van der Waals surface area contributed by atoms with Gasteiger partial charge in [0.1, 0.15) is 4.83 Å². The van der Waals surface area contributed by atoms with E-state index in [2.05, 4.69) is 4.98 Å². The number of aromatic nitrogens is 4. The smallest absolute Gasteiger partial charge is 0.267 e. The molecular weight excluding hydrogens is 472 g/mol. The highest BCUT2D eigenvalue weighted by Crippen LogP contribution is 2.35. The fourth-order valence-corrected chi connectivity index (χ4v) is 7.50. The van der Waals surface area contributed by atoms with Crippen LogP contribution in [0, 0.1) is 6.92 Å². The number of nitrogens with zero attached hydrogens (tertiary/aromatic N) is 4. The summed E-state index contributed by atoms with van der Waals surface area (Å²) in [5.41, 5.74) is 3.47. The monoisotopic (exact) mass is 492 g/mol. The highest BCUT2D eigenvalue weighted by molar-refractivity contribution is 7.98. The van der Waals surface area contributed by atoms with Crippen LogP contribution >= 0.6 is 34.4 Å². The Balaban J connectivity index is 1.47. The van der Waals surface area contributed by atoms with Crippen LogP contribution in [0.3, 0.4) is 0 Å². The number of aryl methyl sites for hydroxylation is 3. The van der Waals surface area contributed by atoms with E-state index in [1.807, 2.05) is 42.6 Å². The summed E-state index contributed by atoms with van der Waals surface area (Å²) in [4.78, 5) is 38.8. The van der Waals surface area contributed by atoms with Crippen molar-refractivity contribution in [3.8, 4) is 5.69 Å². The van der Waals surface area contributed by atoms with Crippen molar-refractivity contribution in [2.24, 2.45) is 0 Å². The van der Waals surface area contributed by atoms with Gasteiger partial charge in [-0.15, -0.1) is 22.7 Å². The summed E-state index contributed by atoms with van der Waals surface area (Å²) in [6.07, 6.45) is 4.26. The lowest BCUT2D eigenvalue weighted by atomic mass is 9.97. The van der Waals surface area contributed by atoms with Gasteiger partial charge in [0, 0.05) is 27.8 Å². The maximum absolute atomic E-state index is 13.8. The Hall–Kier alpha value is -2.75. The lowest BCUT2D eigenvalue weighted by molar-refractivity contribution is 0.699. The quantitative estimate of drug-likeness (QED) is 0.261. The largest absolute Gasteiger partial charge is 0.269 e. The first-order valence-corrected chi connectivity index (χ1v) is 13.5. The predicted molar refractivity (Wildman–Crippen MR) is 135 cm³/mol. The molecule has 0 spiro atoms. The predicted octanol–water partition coefficient (Wildman–Crippen LogP) is 5.00. The van der Waals surface area contributed by atoms with E-state index in [9.17, 15) is 9.59 Å². The number of rotatable bonds is 4. The zero-order valence-electron chi connectivity index (χ0n) is 17.9. The molecule has 0 saturated heterocycles. The first-order chi connectivity index (χ1) is 16.1. The standard InChI is InChI=1S/C24H20N4O2S3/c1-14-12-31-23-25-15(11-19(29)27(14)23)13-32-24-26-21-20(17-9-5-6-10-18(17)33-21)22(30)28(24)16-7-3-2-4-8-16/h2-4,7-8,11-12H,5-6,9-10,13H2,1H3. The third-order valence-corrected chi connectivity index (χ3v) is 9.05. The van der Waals surface area contributed by atoms with Gasteiger partial charge in [-0.25, -0.2) is 9.97 Å². The van der Waals surface area contributed by atoms with Crippen molar-refractivity contribution in [1.82, 2.24) is 18.9 Å². The van der Waals surface area contributed by atoms with Gasteiger partial charge in [-0.2, -0.15) is 0 Å². The van der Waals surface area contributed by atoms with Gasteiger partial charge in [-0.3, -0.25) is 18.6 Å². The molecule has 4 heterocycles. The summed E-state index contributed by atoms with van der Waals surface area (Å²) in [6.45, 7) is 1.90. The van der Waals surface area contributed by atoms with Gasteiger partial charge in [0.05, 0.1) is 16.8 Å². The van der Waals surface area contributed by atoms with Gasteiger partial charge in [0.25, 0.3) is 11.1 Å². The molecule has 5 aromatic rings. The zero-order chi connectivity index (χ0) is 22.5. The third-order valence-electron chi connectivity index (χ3n) is 5.95. The topological polar surface area (TPSA) is 69.3 Å². The molecule has 166 valence electrons. The number of thiazole rings is 1. The molecule has 0 fully saturated rings. The third kappa shape index (κ3) is 3.55. The van der Waals surface area contributed by atoms with Gasteiger partial charge in [0.15, 0.2) is 10.1 Å². The molecule has 1 aliphatic rings. The molecule has 0 unspecified atom stereocenters. The second kappa shape index (κ2) is 8.23. The second-order valence-electron chi connectivity index (χ2n) is 8.13. The van der Waals surface area contributed by atoms with E-state index >= 15 is 0 Å². The van der Waals surface area contributed by atoms with Crippen molar-refractivity contribution in [2.45, 2.75) is 43.5 Å². The molecule has 1 aliphatic carbocycles. The minimum absolute atomic E-state index is 0.00883. The summed E-state index contributed by atoms with van der Waals surface area (Å²) in [6, 6.07) is 11.2. The summed E-state index contributed by atoms with van der Waals surface area (Å²) < 4.78 is 3.34. The number of benzene rings is 1. The molecule has 6 rings (SSSR count). The lowest BCUT2D eigenvalue weighted by Crippen LogP contribution is -2.22. The zero-order valence-corrected chi connectivity index (χ0v) is 20.4. The Morgan fingerprint density at radius 1 is 1.09 bits per heavy atom. The van der Waals surface area contributed by atoms with Gasteiger partial charge in [-0.05, 0) is 50.3 Å². The Bertz CT molecular complexity index is 1630. The van der Waals surface area contributed by atoms with Crippen molar-refractivity contribution in [3.63, 3.8) is 0 Å². The van der Waals surface area contributed by atoms with E-state index < -0.39 is 0 Å². The first kappa shape index (κ1) is 20.8. The average Bonchev–Trinajstić information content (AvgIpc) is 3.39. The minimum Gasteiger partial charge on any atom is -0.269 e. The first-order valence-electron chi connectivity index (χ1n) is 10.8. The molecule has 4 aromatic heterocycles. The number of hydrogen-bond donors (Lipinski definition) is 0. The minimum atomic E-state index is -0.0795. The second-order valence-corrected chi connectivity index (χ2v) is 11.0. The average molecular weight is 493 g/mol. The fourth-order valence-electron chi connectivity index (χ4n) is 4.40. The van der Waals surface area contributed by atoms with Crippen LogP contribution in [0.25, 0.3) is 20.9 Å². The highest BCUT2D eigenvalue weighted by atomic mass is 32.2. The van der Waals surface area contributed by atoms with E-state index in [1.165, 1.54) is 40.0 Å². The number of thiophene rings is 1. The van der Waals surface area contributed by atoms with Crippen molar-refractivity contribution in [2.75, 3.05) is 0 Å². The summed E-state index contributed by atoms with van der Waals surface area (Å²) in [5, 5.41) is 3.33. The van der Waals surface area contributed by atoms with E-state index in [1.54, 1.807) is 26.4 Å². The Morgan fingerprint density at radius 3 is 2.76 bits per heavy atom. The van der Waals surface area contributed by atoms with Crippen molar-refractivity contribution in [1.29, 1.82) is 0 Å². The summed E-state index contributed by atoms with van der Waals surface area (Å²) in [5.74, 6) is 0.457. The van der Waals surface area contributed by atoms with Gasteiger partial charge >= 0.3 is 0 Å². The van der Waals surface area contributed by atoms with Crippen LogP contribution in [0.15, 0.2) is 56.5 Å². The van der Waals surface area contributed by atoms with Crippen LogP contribution in [0.4, 0.5) is 0 Å². The Morgan fingerprint density at radius 2 is 1.91 bits per heavy atom. The van der Waals surface area contributed by atoms with Crippen LogP contribution in [0.1, 0.15) is 34.7 Å². The van der Waals surface area contributed by atoms with Crippen LogP contribution in [0.2, 0.25) is 0 Å². The number of hydrogen-bond acceptors (Lipinski definition) is 7. The maximum atomic E-state index is 13.8. The van der Waals surface area contributed by atoms with Crippen LogP contribution < -0.4 is 11.1 Å². The number of fused-ring (bicyclic) bond motifs is 4. The molecule has 0 amide bonds. The number of thioether (sulfide) groups is 1. The Kier molecular flexibility index (Phi) is 5.20. The SMILES string of the molecule is Cc1csc2nc(CSc3nc4sc5c(c4c(=O)n3-c3ccccc3)CCCC5)cc(=O)n12. The fraction of sp³-hybridized carbons (Fsp3) is 0.250. The summed E-state index contributed by atoms with van der Waals surface area (Å²) in [7, 11) is 0. The molecule has 0 bridgehead atoms. The van der Waals surface area contributed by atoms with Gasteiger partial charge in [-0.1, -0.05) is 30.0 Å². The number of para-hydroxylation sites is 1. The molecule has 6 nitrogen and oxygen atoms in total. The van der Waals surface area contributed by atoms with Crippen molar-refractivity contribution >= 4 is 49.6 Å². The van der Waals surface area contributed by atoms with E-state index in [0.29, 0.717) is 21.6 Å².